The van der Waals surface area contributed by atoms with Crippen LogP contribution < -0.4 is 14.2 Å². The van der Waals surface area contributed by atoms with Crippen LogP contribution in [0.5, 0.6) is 28.7 Å². The van der Waals surface area contributed by atoms with Crippen LogP contribution in [0.25, 0.3) is 0 Å². The second kappa shape index (κ2) is 5.72. The molecule has 0 saturated carbocycles. The van der Waals surface area contributed by atoms with E-state index in [-0.39, 0.29) is 35.0 Å². The summed E-state index contributed by atoms with van der Waals surface area (Å²) in [5, 5.41) is 19.9. The van der Waals surface area contributed by atoms with Crippen molar-refractivity contribution in [3.05, 3.63) is 41.5 Å². The van der Waals surface area contributed by atoms with Crippen molar-refractivity contribution in [1.82, 2.24) is 0 Å². The Labute approximate surface area is 132 Å². The summed E-state index contributed by atoms with van der Waals surface area (Å²) >= 11 is 0. The molecule has 0 spiro atoms. The van der Waals surface area contributed by atoms with E-state index in [1.54, 1.807) is 18.2 Å². The highest BCUT2D eigenvalue weighted by Crippen LogP contribution is 2.42. The minimum atomic E-state index is -0.557. The Balaban J connectivity index is 1.98. The Hall–Kier alpha value is -2.89. The van der Waals surface area contributed by atoms with Gasteiger partial charge in [-0.2, -0.15) is 0 Å². The van der Waals surface area contributed by atoms with E-state index in [1.165, 1.54) is 26.4 Å². The first-order valence-electron chi connectivity index (χ1n) is 7.01. The molecule has 120 valence electrons. The molecule has 1 atom stereocenters. The number of Topliss-reactive ketones (excluding diaryl/α,β-unsaturated/α-hetero) is 1. The quantitative estimate of drug-likeness (QED) is 0.905. The van der Waals surface area contributed by atoms with Gasteiger partial charge in [-0.15, -0.1) is 0 Å². The van der Waals surface area contributed by atoms with Gasteiger partial charge in [0.1, 0.15) is 28.9 Å². The zero-order valence-corrected chi connectivity index (χ0v) is 12.7. The summed E-state index contributed by atoms with van der Waals surface area (Å²) in [6, 6.07) is 7.77. The highest BCUT2D eigenvalue weighted by atomic mass is 16.5. The molecule has 0 aliphatic carbocycles. The number of carbonyl (C=O) groups excluding carboxylic acids is 1. The second-order valence-corrected chi connectivity index (χ2v) is 5.18. The lowest BCUT2D eigenvalue weighted by molar-refractivity contribution is 0.0844. The van der Waals surface area contributed by atoms with Gasteiger partial charge in [0.2, 0.25) is 0 Å². The number of phenols is 2. The molecule has 0 bridgehead atoms. The van der Waals surface area contributed by atoms with Crippen LogP contribution in [0.2, 0.25) is 0 Å². The van der Waals surface area contributed by atoms with Gasteiger partial charge < -0.3 is 24.4 Å². The molecule has 2 aromatic carbocycles. The Morgan fingerprint density at radius 2 is 1.87 bits per heavy atom. The number of aromatic hydroxyl groups is 2. The minimum Gasteiger partial charge on any atom is -0.507 e. The molecule has 1 aliphatic heterocycles. The molecule has 1 aliphatic rings. The summed E-state index contributed by atoms with van der Waals surface area (Å²) in [6.45, 7) is 0. The van der Waals surface area contributed by atoms with Gasteiger partial charge in [0, 0.05) is 12.1 Å². The largest absolute Gasteiger partial charge is 0.507 e. The van der Waals surface area contributed by atoms with Crippen molar-refractivity contribution < 1.29 is 29.2 Å². The van der Waals surface area contributed by atoms with Crippen LogP contribution in [0.15, 0.2) is 30.3 Å². The maximum atomic E-state index is 12.3. The lowest BCUT2D eigenvalue weighted by Gasteiger charge is -2.26. The van der Waals surface area contributed by atoms with Crippen LogP contribution in [0.4, 0.5) is 0 Å². The number of benzene rings is 2. The molecular formula is C17H16O6. The lowest BCUT2D eigenvalue weighted by atomic mass is 9.95. The van der Waals surface area contributed by atoms with E-state index in [9.17, 15) is 15.0 Å². The van der Waals surface area contributed by atoms with Gasteiger partial charge in [0.15, 0.2) is 17.3 Å². The number of phenolic OH excluding ortho intramolecular Hbond substituents is 2. The lowest BCUT2D eigenvalue weighted by Crippen LogP contribution is -2.20. The molecule has 2 N–H and O–H groups in total. The van der Waals surface area contributed by atoms with Crippen LogP contribution in [-0.2, 0) is 0 Å². The molecule has 6 nitrogen and oxygen atoms in total. The van der Waals surface area contributed by atoms with Gasteiger partial charge in [-0.25, -0.2) is 0 Å². The van der Waals surface area contributed by atoms with Gasteiger partial charge in [-0.05, 0) is 17.7 Å². The first-order valence-corrected chi connectivity index (χ1v) is 7.01. The number of ether oxygens (including phenoxy) is 3. The monoisotopic (exact) mass is 316 g/mol. The predicted octanol–water partition coefficient (Wildman–Crippen LogP) is 2.82. The SMILES string of the molecule is COc1cc(O)c2c(c1)OC(c1ccc(OC)c(O)c1)CC2=O. The van der Waals surface area contributed by atoms with Gasteiger partial charge in [0.25, 0.3) is 0 Å². The fourth-order valence-electron chi connectivity index (χ4n) is 2.63. The van der Waals surface area contributed by atoms with Gasteiger partial charge in [-0.3, -0.25) is 4.79 Å². The number of methoxy groups -OCH3 is 2. The smallest absolute Gasteiger partial charge is 0.174 e. The fraction of sp³-hybridized carbons (Fsp3) is 0.235. The van der Waals surface area contributed by atoms with Crippen LogP contribution >= 0.6 is 0 Å². The number of rotatable bonds is 3. The van der Waals surface area contributed by atoms with Crippen molar-refractivity contribution in [2.24, 2.45) is 0 Å². The minimum absolute atomic E-state index is 0.0275. The molecule has 0 amide bonds. The summed E-state index contributed by atoms with van der Waals surface area (Å²) in [7, 11) is 2.92. The fourth-order valence-corrected chi connectivity index (χ4v) is 2.63. The number of carbonyl (C=O) groups is 1. The molecule has 3 rings (SSSR count). The van der Waals surface area contributed by atoms with Crippen molar-refractivity contribution >= 4 is 5.78 Å². The number of hydrogen-bond donors (Lipinski definition) is 2. The molecule has 0 saturated heterocycles. The molecule has 1 unspecified atom stereocenters. The first-order chi connectivity index (χ1) is 11.0. The van der Waals surface area contributed by atoms with Crippen molar-refractivity contribution in [2.45, 2.75) is 12.5 Å². The van der Waals surface area contributed by atoms with Crippen molar-refractivity contribution in [3.63, 3.8) is 0 Å². The summed E-state index contributed by atoms with van der Waals surface area (Å²) in [5.41, 5.74) is 0.796. The Bertz CT molecular complexity index is 768. The van der Waals surface area contributed by atoms with Gasteiger partial charge >= 0.3 is 0 Å². The number of fused-ring (bicyclic) bond motifs is 1. The van der Waals surface area contributed by atoms with E-state index >= 15 is 0 Å². The standard InChI is InChI=1S/C17H16O6/c1-21-10-6-12(19)17-13(20)8-15(23-16(17)7-10)9-3-4-14(22-2)11(18)5-9/h3-7,15,18-19H,8H2,1-2H3. The van der Waals surface area contributed by atoms with Crippen LogP contribution in [-0.4, -0.2) is 30.2 Å². The second-order valence-electron chi connectivity index (χ2n) is 5.18. The van der Waals surface area contributed by atoms with E-state index in [0.717, 1.165) is 0 Å². The first kappa shape index (κ1) is 15.0. The van der Waals surface area contributed by atoms with E-state index in [1.807, 2.05) is 0 Å². The highest BCUT2D eigenvalue weighted by Gasteiger charge is 2.31. The maximum absolute atomic E-state index is 12.3. The number of ketones is 1. The Morgan fingerprint density at radius 3 is 2.52 bits per heavy atom. The predicted molar refractivity (Wildman–Crippen MR) is 81.6 cm³/mol. The Kier molecular flexibility index (Phi) is 3.73. The van der Waals surface area contributed by atoms with Gasteiger partial charge in [0.05, 0.1) is 20.6 Å². The van der Waals surface area contributed by atoms with Crippen molar-refractivity contribution in [3.8, 4) is 28.7 Å². The molecule has 6 heteroatoms. The van der Waals surface area contributed by atoms with E-state index < -0.39 is 6.10 Å². The van der Waals surface area contributed by atoms with Crippen molar-refractivity contribution in [2.75, 3.05) is 14.2 Å². The third-order valence-electron chi connectivity index (χ3n) is 3.78. The zero-order valence-electron chi connectivity index (χ0n) is 12.7. The highest BCUT2D eigenvalue weighted by molar-refractivity contribution is 6.02. The summed E-state index contributed by atoms with van der Waals surface area (Å²) < 4.78 is 15.9. The average molecular weight is 316 g/mol. The molecule has 0 fully saturated rings. The topological polar surface area (TPSA) is 85.2 Å². The molecular weight excluding hydrogens is 300 g/mol. The zero-order chi connectivity index (χ0) is 16.6. The van der Waals surface area contributed by atoms with Crippen LogP contribution in [0, 0.1) is 0 Å². The summed E-state index contributed by atoms with van der Waals surface area (Å²) in [4.78, 5) is 12.3. The van der Waals surface area contributed by atoms with Gasteiger partial charge in [-0.1, -0.05) is 6.07 Å². The van der Waals surface area contributed by atoms with E-state index in [4.69, 9.17) is 14.2 Å². The third kappa shape index (κ3) is 2.63. The normalized spacial score (nSPS) is 16.4. The molecule has 23 heavy (non-hydrogen) atoms. The summed E-state index contributed by atoms with van der Waals surface area (Å²) in [6.07, 6.45) is -0.489. The maximum Gasteiger partial charge on any atom is 0.174 e. The van der Waals surface area contributed by atoms with Crippen LogP contribution in [0.3, 0.4) is 0 Å². The van der Waals surface area contributed by atoms with Crippen LogP contribution in [0.1, 0.15) is 28.4 Å². The molecule has 0 aromatic heterocycles. The molecule has 0 radical (unpaired) electrons. The summed E-state index contributed by atoms with van der Waals surface area (Å²) in [5.74, 6) is 0.578. The third-order valence-corrected chi connectivity index (χ3v) is 3.78. The molecule has 1 heterocycles. The molecule has 2 aromatic rings. The number of hydrogen-bond acceptors (Lipinski definition) is 6. The van der Waals surface area contributed by atoms with E-state index in [0.29, 0.717) is 17.1 Å². The van der Waals surface area contributed by atoms with Crippen molar-refractivity contribution in [1.29, 1.82) is 0 Å². The average Bonchev–Trinajstić information content (AvgIpc) is 2.53. The van der Waals surface area contributed by atoms with E-state index in [2.05, 4.69) is 0 Å². The Morgan fingerprint density at radius 1 is 1.09 bits per heavy atom.